The molecule has 0 bridgehead atoms. The molecule has 0 aliphatic carbocycles. The number of hydrogen-bond donors (Lipinski definition) is 6. The Balaban J connectivity index is 4.37. The number of rotatable bonds is 19. The first-order valence-corrected chi connectivity index (χ1v) is 10.0. The second kappa shape index (κ2) is 16.8. The van der Waals surface area contributed by atoms with Gasteiger partial charge in [-0.25, -0.2) is 10.1 Å². The standard InChI is InChI=1S/C18H41N3O5/c19-13-7-6-12-18(23,17(21)11-5-3-8-14-22)16(20)10-4-1-2-9-15-25-26-24/h16-17,22-24H,1-15,19-21H2. The molecule has 0 rings (SSSR count). The van der Waals surface area contributed by atoms with E-state index in [1.54, 1.807) is 0 Å². The van der Waals surface area contributed by atoms with Gasteiger partial charge in [-0.3, -0.25) is 0 Å². The zero-order chi connectivity index (χ0) is 19.7. The molecule has 8 nitrogen and oxygen atoms in total. The van der Waals surface area contributed by atoms with Crippen LogP contribution in [0.25, 0.3) is 0 Å². The van der Waals surface area contributed by atoms with Gasteiger partial charge in [-0.15, -0.1) is 0 Å². The van der Waals surface area contributed by atoms with Crippen LogP contribution in [0.15, 0.2) is 0 Å². The maximum atomic E-state index is 11.2. The van der Waals surface area contributed by atoms with E-state index >= 15 is 0 Å². The normalized spacial score (nSPS) is 16.4. The minimum Gasteiger partial charge on any atom is -0.396 e. The van der Waals surface area contributed by atoms with Crippen LogP contribution in [-0.2, 0) is 9.93 Å². The van der Waals surface area contributed by atoms with Crippen molar-refractivity contribution in [2.75, 3.05) is 19.8 Å². The van der Waals surface area contributed by atoms with E-state index in [1.165, 1.54) is 0 Å². The van der Waals surface area contributed by atoms with Gasteiger partial charge in [0.2, 0.25) is 0 Å². The fourth-order valence-corrected chi connectivity index (χ4v) is 3.27. The van der Waals surface area contributed by atoms with Crippen molar-refractivity contribution in [3.05, 3.63) is 0 Å². The van der Waals surface area contributed by atoms with Gasteiger partial charge in [-0.1, -0.05) is 37.1 Å². The largest absolute Gasteiger partial charge is 0.396 e. The number of aliphatic hydroxyl groups excluding tert-OH is 1. The summed E-state index contributed by atoms with van der Waals surface area (Å²) in [5, 5.41) is 31.7. The highest BCUT2D eigenvalue weighted by Crippen LogP contribution is 2.27. The van der Waals surface area contributed by atoms with E-state index in [4.69, 9.17) is 27.6 Å². The van der Waals surface area contributed by atoms with Gasteiger partial charge >= 0.3 is 0 Å². The van der Waals surface area contributed by atoms with E-state index in [0.717, 1.165) is 57.8 Å². The van der Waals surface area contributed by atoms with E-state index in [-0.39, 0.29) is 18.7 Å². The summed E-state index contributed by atoms with van der Waals surface area (Å²) in [6, 6.07) is -0.741. The van der Waals surface area contributed by atoms with Crippen molar-refractivity contribution >= 4 is 0 Å². The van der Waals surface area contributed by atoms with Crippen molar-refractivity contribution in [3.63, 3.8) is 0 Å². The second-order valence-electron chi connectivity index (χ2n) is 7.12. The molecular weight excluding hydrogens is 338 g/mol. The number of unbranched alkanes of at least 4 members (excludes halogenated alkanes) is 6. The Labute approximate surface area is 157 Å². The molecule has 0 amide bonds. The summed E-state index contributed by atoms with van der Waals surface area (Å²) in [5.74, 6) is 0. The number of hydrogen-bond acceptors (Lipinski definition) is 8. The number of nitrogens with two attached hydrogens (primary N) is 3. The molecule has 26 heavy (non-hydrogen) atoms. The van der Waals surface area contributed by atoms with E-state index in [1.807, 2.05) is 0 Å². The topological polar surface area (TPSA) is 157 Å². The molecular formula is C18H41N3O5. The van der Waals surface area contributed by atoms with Gasteiger partial charge in [0.25, 0.3) is 0 Å². The van der Waals surface area contributed by atoms with Gasteiger partial charge in [-0.2, -0.15) is 0 Å². The molecule has 0 saturated carbocycles. The second-order valence-corrected chi connectivity index (χ2v) is 7.12. The minimum absolute atomic E-state index is 0.186. The van der Waals surface area contributed by atoms with E-state index < -0.39 is 5.60 Å². The molecule has 0 aromatic carbocycles. The highest BCUT2D eigenvalue weighted by molar-refractivity contribution is 4.97. The summed E-state index contributed by atoms with van der Waals surface area (Å²) >= 11 is 0. The maximum absolute atomic E-state index is 11.2. The van der Waals surface area contributed by atoms with Gasteiger partial charge in [0.1, 0.15) is 0 Å². The minimum atomic E-state index is -1.08. The van der Waals surface area contributed by atoms with E-state index in [2.05, 4.69) is 9.93 Å². The van der Waals surface area contributed by atoms with Crippen molar-refractivity contribution in [2.24, 2.45) is 17.2 Å². The highest BCUT2D eigenvalue weighted by Gasteiger charge is 2.39. The van der Waals surface area contributed by atoms with E-state index in [9.17, 15) is 5.11 Å². The summed E-state index contributed by atoms with van der Waals surface area (Å²) in [6.45, 7) is 1.13. The maximum Gasteiger partial charge on any atom is 0.0947 e. The third-order valence-corrected chi connectivity index (χ3v) is 5.03. The van der Waals surface area contributed by atoms with Crippen LogP contribution in [0.5, 0.6) is 0 Å². The Morgan fingerprint density at radius 2 is 1.38 bits per heavy atom. The summed E-state index contributed by atoms with van der Waals surface area (Å²) in [5.41, 5.74) is 17.2. The lowest BCUT2D eigenvalue weighted by atomic mass is 9.78. The SMILES string of the molecule is NCCCCC(O)(C(N)CCCCCO)C(N)CCCCCCOOO. The molecule has 0 aliphatic heterocycles. The van der Waals surface area contributed by atoms with Crippen molar-refractivity contribution in [2.45, 2.75) is 94.7 Å². The quantitative estimate of drug-likeness (QED) is 0.112. The molecule has 9 N–H and O–H groups in total. The molecule has 0 aliphatic rings. The Bertz CT molecular complexity index is 313. The van der Waals surface area contributed by atoms with Crippen molar-refractivity contribution in [3.8, 4) is 0 Å². The van der Waals surface area contributed by atoms with Crippen LogP contribution in [-0.4, -0.2) is 52.9 Å². The van der Waals surface area contributed by atoms with Crippen LogP contribution in [0.4, 0.5) is 0 Å². The van der Waals surface area contributed by atoms with Crippen LogP contribution in [0, 0.1) is 0 Å². The summed E-state index contributed by atoms with van der Waals surface area (Å²) in [4.78, 5) is 4.41. The summed E-state index contributed by atoms with van der Waals surface area (Å²) in [7, 11) is 0. The predicted octanol–water partition coefficient (Wildman–Crippen LogP) is 1.43. The fourth-order valence-electron chi connectivity index (χ4n) is 3.27. The van der Waals surface area contributed by atoms with Gasteiger partial charge in [0.05, 0.1) is 12.2 Å². The van der Waals surface area contributed by atoms with Gasteiger partial charge in [0, 0.05) is 18.7 Å². The Hall–Kier alpha value is -0.320. The molecule has 0 aromatic heterocycles. The van der Waals surface area contributed by atoms with Gasteiger partial charge in [0.15, 0.2) is 0 Å². The van der Waals surface area contributed by atoms with Crippen molar-refractivity contribution in [1.82, 2.24) is 0 Å². The predicted molar refractivity (Wildman–Crippen MR) is 102 cm³/mol. The summed E-state index contributed by atoms with van der Waals surface area (Å²) < 4.78 is 0. The fraction of sp³-hybridized carbons (Fsp3) is 1.00. The van der Waals surface area contributed by atoms with Crippen LogP contribution in [0.3, 0.4) is 0 Å². The van der Waals surface area contributed by atoms with Crippen LogP contribution >= 0.6 is 0 Å². The highest BCUT2D eigenvalue weighted by atomic mass is 17.5. The Morgan fingerprint density at radius 3 is 1.92 bits per heavy atom. The average molecular weight is 380 g/mol. The molecule has 0 saturated heterocycles. The molecule has 0 radical (unpaired) electrons. The van der Waals surface area contributed by atoms with Crippen LogP contribution in [0.1, 0.15) is 77.0 Å². The first-order chi connectivity index (χ1) is 12.5. The Kier molecular flexibility index (Phi) is 16.6. The lowest BCUT2D eigenvalue weighted by Gasteiger charge is -2.39. The molecule has 3 unspecified atom stereocenters. The monoisotopic (exact) mass is 379 g/mol. The lowest BCUT2D eigenvalue weighted by molar-refractivity contribution is -0.490. The molecule has 158 valence electrons. The molecule has 0 heterocycles. The first kappa shape index (κ1) is 25.7. The summed E-state index contributed by atoms with van der Waals surface area (Å²) in [6.07, 6.45) is 9.76. The number of aliphatic hydroxyl groups is 2. The molecule has 0 aromatic rings. The molecule has 0 spiro atoms. The zero-order valence-electron chi connectivity index (χ0n) is 16.2. The van der Waals surface area contributed by atoms with E-state index in [0.29, 0.717) is 32.4 Å². The third-order valence-electron chi connectivity index (χ3n) is 5.03. The smallest absolute Gasteiger partial charge is 0.0947 e. The Morgan fingerprint density at radius 1 is 0.808 bits per heavy atom. The lowest BCUT2D eigenvalue weighted by Crippen LogP contribution is -2.59. The third kappa shape index (κ3) is 11.4. The molecule has 0 fully saturated rings. The van der Waals surface area contributed by atoms with Crippen LogP contribution < -0.4 is 17.2 Å². The van der Waals surface area contributed by atoms with Crippen molar-refractivity contribution < 1.29 is 25.4 Å². The van der Waals surface area contributed by atoms with Gasteiger partial charge < -0.3 is 27.4 Å². The molecule has 8 heteroatoms. The van der Waals surface area contributed by atoms with Gasteiger partial charge in [-0.05, 0) is 51.5 Å². The zero-order valence-corrected chi connectivity index (χ0v) is 16.2. The molecule has 3 atom stereocenters. The first-order valence-electron chi connectivity index (χ1n) is 10.0. The average Bonchev–Trinajstić information content (AvgIpc) is 2.64. The van der Waals surface area contributed by atoms with Crippen molar-refractivity contribution in [1.29, 1.82) is 0 Å². The van der Waals surface area contributed by atoms with Crippen LogP contribution in [0.2, 0.25) is 0 Å².